The molecule has 0 spiro atoms. The van der Waals surface area contributed by atoms with E-state index in [2.05, 4.69) is 5.32 Å². The summed E-state index contributed by atoms with van der Waals surface area (Å²) < 4.78 is 16.4. The van der Waals surface area contributed by atoms with Crippen LogP contribution in [0.2, 0.25) is 0 Å². The summed E-state index contributed by atoms with van der Waals surface area (Å²) in [6.07, 6.45) is 1.46. The number of fused-ring (bicyclic) bond motifs is 1. The number of imide groups is 1. The average Bonchev–Trinajstić information content (AvgIpc) is 3.42. The van der Waals surface area contributed by atoms with Crippen molar-refractivity contribution in [2.24, 2.45) is 0 Å². The van der Waals surface area contributed by atoms with Gasteiger partial charge in [0.05, 0.1) is 23.3 Å². The van der Waals surface area contributed by atoms with E-state index in [4.69, 9.17) is 13.9 Å². The first kappa shape index (κ1) is 20.3. The van der Waals surface area contributed by atoms with Crippen LogP contribution in [0.3, 0.4) is 0 Å². The van der Waals surface area contributed by atoms with E-state index in [1.54, 1.807) is 30.3 Å². The number of carbonyl (C=O) groups excluding carboxylic acids is 2. The predicted molar refractivity (Wildman–Crippen MR) is 115 cm³/mol. The van der Waals surface area contributed by atoms with Gasteiger partial charge in [-0.3, -0.25) is 24.6 Å². The number of hydrogen-bond acceptors (Lipinski definition) is 8. The van der Waals surface area contributed by atoms with Gasteiger partial charge in [-0.1, -0.05) is 0 Å². The minimum Gasteiger partial charge on any atom is -0.486 e. The lowest BCUT2D eigenvalue weighted by atomic mass is 10.0. The van der Waals surface area contributed by atoms with Crippen LogP contribution in [-0.2, 0) is 16.1 Å². The zero-order valence-electron chi connectivity index (χ0n) is 17.1. The summed E-state index contributed by atoms with van der Waals surface area (Å²) >= 11 is 0. The van der Waals surface area contributed by atoms with Crippen molar-refractivity contribution in [3.63, 3.8) is 0 Å². The molecule has 10 nitrogen and oxygen atoms in total. The summed E-state index contributed by atoms with van der Waals surface area (Å²) in [5.41, 5.74) is 0.939. The van der Waals surface area contributed by atoms with Crippen LogP contribution in [0.15, 0.2) is 71.0 Å². The molecule has 0 radical (unpaired) electrons. The third-order valence-electron chi connectivity index (χ3n) is 5.24. The number of non-ortho nitro benzene ring substituents is 1. The Kier molecular flexibility index (Phi) is 5.02. The lowest BCUT2D eigenvalue weighted by Crippen LogP contribution is -2.31. The Morgan fingerprint density at radius 3 is 2.42 bits per heavy atom. The maximum absolute atomic E-state index is 13.3. The highest BCUT2D eigenvalue weighted by Gasteiger charge is 2.40. The molecule has 2 aliphatic heterocycles. The second-order valence-electron chi connectivity index (χ2n) is 7.31. The van der Waals surface area contributed by atoms with E-state index in [0.717, 1.165) is 4.90 Å². The molecule has 166 valence electrons. The van der Waals surface area contributed by atoms with Crippen molar-refractivity contribution in [1.29, 1.82) is 0 Å². The topological polar surface area (TPSA) is 124 Å². The van der Waals surface area contributed by atoms with Crippen LogP contribution in [0.1, 0.15) is 11.3 Å². The molecular formula is C23H17N3O7. The second kappa shape index (κ2) is 8.15. The first-order valence-corrected chi connectivity index (χ1v) is 10.1. The van der Waals surface area contributed by atoms with Gasteiger partial charge in [0.25, 0.3) is 17.5 Å². The van der Waals surface area contributed by atoms with Gasteiger partial charge in [0.2, 0.25) is 0 Å². The lowest BCUT2D eigenvalue weighted by molar-refractivity contribution is -0.384. The first-order chi connectivity index (χ1) is 16.0. The molecule has 0 fully saturated rings. The van der Waals surface area contributed by atoms with Gasteiger partial charge in [-0.05, 0) is 42.0 Å². The molecule has 2 aromatic carbocycles. The number of ether oxygens (including phenoxy) is 2. The van der Waals surface area contributed by atoms with E-state index in [-0.39, 0.29) is 23.5 Å². The fourth-order valence-corrected chi connectivity index (χ4v) is 3.68. The number of benzene rings is 2. The van der Waals surface area contributed by atoms with Crippen LogP contribution in [0.25, 0.3) is 5.57 Å². The average molecular weight is 447 g/mol. The largest absolute Gasteiger partial charge is 0.486 e. The molecule has 1 N–H and O–H groups in total. The Morgan fingerprint density at radius 2 is 1.73 bits per heavy atom. The number of furan rings is 1. The molecular weight excluding hydrogens is 430 g/mol. The fraction of sp³-hybridized carbons (Fsp3) is 0.130. The number of nitro groups is 1. The van der Waals surface area contributed by atoms with E-state index in [0.29, 0.717) is 41.7 Å². The second-order valence-corrected chi connectivity index (χ2v) is 7.31. The maximum atomic E-state index is 13.3. The lowest BCUT2D eigenvalue weighted by Gasteiger charge is -2.19. The van der Waals surface area contributed by atoms with E-state index in [9.17, 15) is 19.7 Å². The highest BCUT2D eigenvalue weighted by Crippen LogP contribution is 2.36. The molecule has 10 heteroatoms. The Labute approximate surface area is 187 Å². The van der Waals surface area contributed by atoms with Crippen molar-refractivity contribution in [3.05, 3.63) is 88.0 Å². The number of nitro benzene ring substituents is 1. The minimum absolute atomic E-state index is 0.0481. The van der Waals surface area contributed by atoms with Crippen LogP contribution in [0.5, 0.6) is 11.5 Å². The summed E-state index contributed by atoms with van der Waals surface area (Å²) in [5, 5.41) is 14.1. The van der Waals surface area contributed by atoms with Gasteiger partial charge in [0, 0.05) is 23.9 Å². The summed E-state index contributed by atoms with van der Waals surface area (Å²) in [6, 6.07) is 13.9. The molecule has 3 aromatic rings. The van der Waals surface area contributed by atoms with E-state index < -0.39 is 16.7 Å². The Hall–Kier alpha value is -4.60. The van der Waals surface area contributed by atoms with Gasteiger partial charge in [0.1, 0.15) is 24.7 Å². The molecule has 0 atom stereocenters. The molecule has 0 unspecified atom stereocenters. The molecule has 1 aromatic heterocycles. The van der Waals surface area contributed by atoms with Gasteiger partial charge < -0.3 is 19.2 Å². The van der Waals surface area contributed by atoms with Gasteiger partial charge in [-0.2, -0.15) is 0 Å². The number of hydrogen-bond donors (Lipinski definition) is 1. The summed E-state index contributed by atoms with van der Waals surface area (Å²) in [4.78, 5) is 38.1. The molecule has 3 heterocycles. The number of anilines is 1. The fourth-order valence-electron chi connectivity index (χ4n) is 3.68. The quantitative estimate of drug-likeness (QED) is 0.347. The van der Waals surface area contributed by atoms with Crippen molar-refractivity contribution in [2.75, 3.05) is 18.5 Å². The van der Waals surface area contributed by atoms with Crippen LogP contribution in [0, 0.1) is 10.1 Å². The number of nitrogens with zero attached hydrogens (tertiary/aromatic N) is 2. The van der Waals surface area contributed by atoms with E-state index in [1.165, 1.54) is 30.5 Å². The van der Waals surface area contributed by atoms with Gasteiger partial charge in [0.15, 0.2) is 11.5 Å². The normalized spacial score (nSPS) is 15.2. The van der Waals surface area contributed by atoms with Crippen molar-refractivity contribution in [3.8, 4) is 11.5 Å². The monoisotopic (exact) mass is 447 g/mol. The molecule has 33 heavy (non-hydrogen) atoms. The molecule has 0 saturated carbocycles. The van der Waals surface area contributed by atoms with Gasteiger partial charge >= 0.3 is 0 Å². The minimum atomic E-state index is -0.542. The van der Waals surface area contributed by atoms with Crippen LogP contribution < -0.4 is 14.8 Å². The number of carbonyl (C=O) groups is 2. The first-order valence-electron chi connectivity index (χ1n) is 10.1. The zero-order chi connectivity index (χ0) is 22.9. The highest BCUT2D eigenvalue weighted by atomic mass is 16.6. The highest BCUT2D eigenvalue weighted by molar-refractivity contribution is 6.36. The summed E-state index contributed by atoms with van der Waals surface area (Å²) in [6.45, 7) is 0.805. The third kappa shape index (κ3) is 3.78. The Morgan fingerprint density at radius 1 is 0.970 bits per heavy atom. The smallest absolute Gasteiger partial charge is 0.278 e. The summed E-state index contributed by atoms with van der Waals surface area (Å²) in [7, 11) is 0. The van der Waals surface area contributed by atoms with Crippen molar-refractivity contribution < 1.29 is 28.4 Å². The Bertz CT molecular complexity index is 1280. The molecule has 2 aliphatic rings. The molecule has 2 amide bonds. The van der Waals surface area contributed by atoms with Crippen LogP contribution in [-0.4, -0.2) is 34.9 Å². The van der Waals surface area contributed by atoms with E-state index in [1.807, 2.05) is 0 Å². The standard InChI is InChI=1S/C23H17N3O7/c27-22-20(14-3-6-16(7-4-14)26(29)30)21(23(28)25(22)13-17-2-1-9-31-17)24-15-5-8-18-19(12-15)33-11-10-32-18/h1-9,12,24H,10-11,13H2. The number of amides is 2. The Balaban J connectivity index is 1.53. The van der Waals surface area contributed by atoms with Crippen LogP contribution in [0.4, 0.5) is 11.4 Å². The number of rotatable bonds is 6. The van der Waals surface area contributed by atoms with Gasteiger partial charge in [-0.15, -0.1) is 0 Å². The number of nitrogens with one attached hydrogen (secondary N) is 1. The maximum Gasteiger partial charge on any atom is 0.278 e. The molecule has 5 rings (SSSR count). The molecule has 0 aliphatic carbocycles. The third-order valence-corrected chi connectivity index (χ3v) is 5.24. The van der Waals surface area contributed by atoms with Crippen molar-refractivity contribution >= 4 is 28.8 Å². The van der Waals surface area contributed by atoms with Crippen LogP contribution >= 0.6 is 0 Å². The zero-order valence-corrected chi connectivity index (χ0v) is 17.1. The molecule has 0 bridgehead atoms. The van der Waals surface area contributed by atoms with Crippen molar-refractivity contribution in [1.82, 2.24) is 4.90 Å². The molecule has 0 saturated heterocycles. The van der Waals surface area contributed by atoms with Gasteiger partial charge in [-0.25, -0.2) is 0 Å². The SMILES string of the molecule is O=C1C(Nc2ccc3c(c2)OCCO3)=C(c2ccc([N+](=O)[O-])cc2)C(=O)N1Cc1ccco1. The van der Waals surface area contributed by atoms with Crippen molar-refractivity contribution in [2.45, 2.75) is 6.54 Å². The predicted octanol–water partition coefficient (Wildman–Crippen LogP) is 3.35. The van der Waals surface area contributed by atoms with E-state index >= 15 is 0 Å². The summed E-state index contributed by atoms with van der Waals surface area (Å²) in [5.74, 6) is 0.475.